The monoisotopic (exact) mass is 195 g/mol. The fourth-order valence-electron chi connectivity index (χ4n) is 1.68. The Hall–Kier alpha value is -1.16. The summed E-state index contributed by atoms with van der Waals surface area (Å²) in [5.41, 5.74) is 0.0465. The maximum absolute atomic E-state index is 12.6. The molecule has 1 aromatic rings. The molecule has 0 radical (unpaired) electrons. The highest BCUT2D eigenvalue weighted by atomic mass is 19.1. The Morgan fingerprint density at radius 1 is 1.57 bits per heavy atom. The van der Waals surface area contributed by atoms with Crippen LogP contribution in [0.5, 0.6) is 0 Å². The third-order valence-electron chi connectivity index (χ3n) is 2.53. The molecule has 76 valence electrons. The highest BCUT2D eigenvalue weighted by Gasteiger charge is 2.28. The Labute approximate surface area is 82.7 Å². The summed E-state index contributed by atoms with van der Waals surface area (Å²) >= 11 is 0. The molecular formula is C10H14FN3. The van der Waals surface area contributed by atoms with Crippen LogP contribution in [0.3, 0.4) is 0 Å². The maximum Gasteiger partial charge on any atom is 0.141 e. The zero-order valence-electron chi connectivity index (χ0n) is 8.18. The van der Waals surface area contributed by atoms with E-state index in [1.807, 2.05) is 0 Å². The van der Waals surface area contributed by atoms with E-state index in [1.54, 1.807) is 6.07 Å². The Balaban J connectivity index is 2.06. The van der Waals surface area contributed by atoms with E-state index < -0.39 is 0 Å². The summed E-state index contributed by atoms with van der Waals surface area (Å²) in [5, 5.41) is 6.58. The third-order valence-corrected chi connectivity index (χ3v) is 2.53. The molecule has 1 unspecified atom stereocenters. The van der Waals surface area contributed by atoms with Crippen LogP contribution in [0.2, 0.25) is 0 Å². The molecule has 0 aromatic carbocycles. The molecule has 3 nitrogen and oxygen atoms in total. The topological polar surface area (TPSA) is 37.0 Å². The minimum Gasteiger partial charge on any atom is -0.364 e. The van der Waals surface area contributed by atoms with E-state index in [0.717, 1.165) is 25.3 Å². The van der Waals surface area contributed by atoms with Crippen LogP contribution in [0, 0.1) is 5.82 Å². The highest BCUT2D eigenvalue weighted by molar-refractivity contribution is 5.37. The van der Waals surface area contributed by atoms with Crippen molar-refractivity contribution in [1.29, 1.82) is 0 Å². The first-order valence-electron chi connectivity index (χ1n) is 4.78. The predicted molar refractivity (Wildman–Crippen MR) is 53.7 cm³/mol. The van der Waals surface area contributed by atoms with Crippen molar-refractivity contribution >= 4 is 5.82 Å². The summed E-state index contributed by atoms with van der Waals surface area (Å²) in [5.74, 6) is 0.433. The summed E-state index contributed by atoms with van der Waals surface area (Å²) in [6.07, 6.45) is 2.29. The van der Waals surface area contributed by atoms with Crippen LogP contribution in [0.1, 0.15) is 13.3 Å². The van der Waals surface area contributed by atoms with E-state index in [0.29, 0.717) is 0 Å². The van der Waals surface area contributed by atoms with Crippen molar-refractivity contribution < 1.29 is 4.39 Å². The smallest absolute Gasteiger partial charge is 0.141 e. The molecule has 0 spiro atoms. The van der Waals surface area contributed by atoms with Gasteiger partial charge in [0.25, 0.3) is 0 Å². The molecular weight excluding hydrogens is 181 g/mol. The maximum atomic E-state index is 12.6. The minimum absolute atomic E-state index is 0.0465. The molecule has 1 aliphatic heterocycles. The highest BCUT2D eigenvalue weighted by Crippen LogP contribution is 2.19. The zero-order chi connectivity index (χ0) is 10.0. The number of halogens is 1. The fraction of sp³-hybridized carbons (Fsp3) is 0.500. The zero-order valence-corrected chi connectivity index (χ0v) is 8.18. The lowest BCUT2D eigenvalue weighted by molar-refractivity contribution is 0.562. The second-order valence-corrected chi connectivity index (χ2v) is 3.97. The molecule has 1 aliphatic rings. The molecule has 0 saturated carbocycles. The van der Waals surface area contributed by atoms with Crippen molar-refractivity contribution in [1.82, 2.24) is 10.3 Å². The second-order valence-electron chi connectivity index (χ2n) is 3.97. The van der Waals surface area contributed by atoms with E-state index >= 15 is 0 Å². The van der Waals surface area contributed by atoms with Gasteiger partial charge in [0.15, 0.2) is 0 Å². The Kier molecular flexibility index (Phi) is 2.37. The molecule has 2 heterocycles. The third kappa shape index (κ3) is 2.01. The fourth-order valence-corrected chi connectivity index (χ4v) is 1.68. The first-order chi connectivity index (χ1) is 6.68. The molecule has 14 heavy (non-hydrogen) atoms. The molecule has 0 aliphatic carbocycles. The quantitative estimate of drug-likeness (QED) is 0.748. The number of hydrogen-bond acceptors (Lipinski definition) is 3. The van der Waals surface area contributed by atoms with Crippen LogP contribution in [-0.2, 0) is 0 Å². The summed E-state index contributed by atoms with van der Waals surface area (Å²) < 4.78 is 12.6. The number of hydrogen-bond donors (Lipinski definition) is 2. The van der Waals surface area contributed by atoms with E-state index in [4.69, 9.17) is 0 Å². The van der Waals surface area contributed by atoms with Gasteiger partial charge in [0, 0.05) is 12.1 Å². The van der Waals surface area contributed by atoms with Crippen LogP contribution >= 0.6 is 0 Å². The predicted octanol–water partition coefficient (Wildman–Crippen LogP) is 1.38. The van der Waals surface area contributed by atoms with E-state index in [2.05, 4.69) is 22.5 Å². The van der Waals surface area contributed by atoms with Gasteiger partial charge in [-0.2, -0.15) is 0 Å². The van der Waals surface area contributed by atoms with Crippen LogP contribution < -0.4 is 10.6 Å². The molecule has 0 bridgehead atoms. The molecule has 1 atom stereocenters. The van der Waals surface area contributed by atoms with Gasteiger partial charge in [0.1, 0.15) is 11.6 Å². The summed E-state index contributed by atoms with van der Waals surface area (Å²) in [4.78, 5) is 3.97. The van der Waals surface area contributed by atoms with Crippen molar-refractivity contribution in [3.63, 3.8) is 0 Å². The van der Waals surface area contributed by atoms with Crippen molar-refractivity contribution in [3.05, 3.63) is 24.1 Å². The number of aromatic nitrogens is 1. The molecule has 4 heteroatoms. The second kappa shape index (κ2) is 3.53. The van der Waals surface area contributed by atoms with Crippen molar-refractivity contribution in [2.24, 2.45) is 0 Å². The van der Waals surface area contributed by atoms with Gasteiger partial charge in [-0.1, -0.05) is 0 Å². The summed E-state index contributed by atoms with van der Waals surface area (Å²) in [7, 11) is 0. The van der Waals surface area contributed by atoms with Gasteiger partial charge in [-0.15, -0.1) is 0 Å². The average Bonchev–Trinajstić information content (AvgIpc) is 2.57. The SMILES string of the molecule is CC1(Nc2ccc(F)cn2)CCNC1. The van der Waals surface area contributed by atoms with Crippen molar-refractivity contribution in [2.75, 3.05) is 18.4 Å². The number of nitrogens with zero attached hydrogens (tertiary/aromatic N) is 1. The lowest BCUT2D eigenvalue weighted by atomic mass is 10.0. The first-order valence-corrected chi connectivity index (χ1v) is 4.78. The molecule has 2 rings (SSSR count). The van der Waals surface area contributed by atoms with Gasteiger partial charge in [-0.05, 0) is 32.0 Å². The Morgan fingerprint density at radius 3 is 3.00 bits per heavy atom. The van der Waals surface area contributed by atoms with Crippen LogP contribution in [-0.4, -0.2) is 23.6 Å². The van der Waals surface area contributed by atoms with E-state index in [9.17, 15) is 4.39 Å². The van der Waals surface area contributed by atoms with Gasteiger partial charge < -0.3 is 10.6 Å². The van der Waals surface area contributed by atoms with E-state index in [-0.39, 0.29) is 11.4 Å². The lowest BCUT2D eigenvalue weighted by Crippen LogP contribution is -2.37. The number of rotatable bonds is 2. The average molecular weight is 195 g/mol. The molecule has 1 saturated heterocycles. The van der Waals surface area contributed by atoms with Crippen molar-refractivity contribution in [3.8, 4) is 0 Å². The van der Waals surface area contributed by atoms with Gasteiger partial charge >= 0.3 is 0 Å². The van der Waals surface area contributed by atoms with Crippen molar-refractivity contribution in [2.45, 2.75) is 18.9 Å². The molecule has 0 amide bonds. The van der Waals surface area contributed by atoms with Gasteiger partial charge in [0.2, 0.25) is 0 Å². The lowest BCUT2D eigenvalue weighted by Gasteiger charge is -2.24. The summed E-state index contributed by atoms with van der Waals surface area (Å²) in [6, 6.07) is 3.08. The van der Waals surface area contributed by atoms with E-state index in [1.165, 1.54) is 12.3 Å². The van der Waals surface area contributed by atoms with Crippen LogP contribution in [0.25, 0.3) is 0 Å². The summed E-state index contributed by atoms with van der Waals surface area (Å²) in [6.45, 7) is 4.08. The number of pyridine rings is 1. The number of anilines is 1. The first kappa shape index (κ1) is 9.40. The van der Waals surface area contributed by atoms with Crippen LogP contribution in [0.4, 0.5) is 10.2 Å². The Bertz CT molecular complexity index is 304. The van der Waals surface area contributed by atoms with Gasteiger partial charge in [-0.25, -0.2) is 9.37 Å². The molecule has 1 aromatic heterocycles. The normalized spacial score (nSPS) is 26.4. The molecule has 1 fully saturated rings. The largest absolute Gasteiger partial charge is 0.364 e. The van der Waals surface area contributed by atoms with Crippen LogP contribution in [0.15, 0.2) is 18.3 Å². The van der Waals surface area contributed by atoms with Gasteiger partial charge in [0.05, 0.1) is 6.20 Å². The standard InChI is InChI=1S/C10H14FN3/c1-10(4-5-12-7-10)14-9-3-2-8(11)6-13-9/h2-3,6,12H,4-5,7H2,1H3,(H,13,14). The molecule has 2 N–H and O–H groups in total. The van der Waals surface area contributed by atoms with Gasteiger partial charge in [-0.3, -0.25) is 0 Å². The Morgan fingerprint density at radius 2 is 2.43 bits per heavy atom. The number of nitrogens with one attached hydrogen (secondary N) is 2. The minimum atomic E-state index is -0.301.